The molecule has 1 N–H and O–H groups in total. The lowest BCUT2D eigenvalue weighted by molar-refractivity contribution is 0.282. The summed E-state index contributed by atoms with van der Waals surface area (Å²) in [5.41, 5.74) is 0.723. The molecule has 1 aromatic rings. The van der Waals surface area contributed by atoms with Gasteiger partial charge in [0.15, 0.2) is 0 Å². The van der Waals surface area contributed by atoms with Crippen molar-refractivity contribution in [3.63, 3.8) is 0 Å². The summed E-state index contributed by atoms with van der Waals surface area (Å²) >= 11 is 5.91. The molecule has 0 saturated heterocycles. The van der Waals surface area contributed by atoms with Crippen molar-refractivity contribution in [1.82, 2.24) is 4.98 Å². The Labute approximate surface area is 100 Å². The van der Waals surface area contributed by atoms with E-state index in [-0.39, 0.29) is 6.61 Å². The third-order valence-corrected chi connectivity index (χ3v) is 3.04. The number of hydrogen-bond donors (Lipinski definition) is 1. The largest absolute Gasteiger partial charge is 0.392 e. The Hall–Kier alpha value is -1.06. The van der Waals surface area contributed by atoms with Gasteiger partial charge in [-0.25, -0.2) is 4.98 Å². The van der Waals surface area contributed by atoms with Crippen LogP contribution in [0.3, 0.4) is 0 Å². The van der Waals surface area contributed by atoms with Gasteiger partial charge >= 0.3 is 0 Å². The van der Waals surface area contributed by atoms with E-state index in [0.29, 0.717) is 11.1 Å². The first-order valence-electron chi connectivity index (χ1n) is 5.39. The first-order valence-corrected chi connectivity index (χ1v) is 5.77. The minimum atomic E-state index is -0.0546. The number of pyridine rings is 1. The molecule has 4 heteroatoms. The Bertz CT molecular complexity index is 391. The Morgan fingerprint density at radius 3 is 2.94 bits per heavy atom. The second-order valence-corrected chi connectivity index (χ2v) is 4.37. The van der Waals surface area contributed by atoms with Crippen molar-refractivity contribution in [2.45, 2.75) is 25.5 Å². The fraction of sp³-hybridized carbons (Fsp3) is 0.417. The van der Waals surface area contributed by atoms with Crippen molar-refractivity contribution in [3.8, 4) is 0 Å². The SMILES string of the molecule is C=CCN(c1cc(CO)c(Cl)cn1)C1CC1. The first kappa shape index (κ1) is 11.4. The van der Waals surface area contributed by atoms with Gasteiger partial charge < -0.3 is 10.0 Å². The number of hydrogen-bond acceptors (Lipinski definition) is 3. The predicted molar refractivity (Wildman–Crippen MR) is 65.7 cm³/mol. The summed E-state index contributed by atoms with van der Waals surface area (Å²) in [6.07, 6.45) is 5.87. The molecule has 1 heterocycles. The fourth-order valence-corrected chi connectivity index (χ4v) is 1.86. The highest BCUT2D eigenvalue weighted by atomic mass is 35.5. The lowest BCUT2D eigenvalue weighted by Crippen LogP contribution is -2.26. The molecule has 16 heavy (non-hydrogen) atoms. The van der Waals surface area contributed by atoms with E-state index in [9.17, 15) is 0 Å². The monoisotopic (exact) mass is 238 g/mol. The summed E-state index contributed by atoms with van der Waals surface area (Å²) in [6.45, 7) is 4.48. The van der Waals surface area contributed by atoms with Crippen molar-refractivity contribution < 1.29 is 5.11 Å². The van der Waals surface area contributed by atoms with Crippen LogP contribution in [-0.2, 0) is 6.61 Å². The maximum absolute atomic E-state index is 9.16. The molecule has 1 aliphatic carbocycles. The number of nitrogens with zero attached hydrogens (tertiary/aromatic N) is 2. The van der Waals surface area contributed by atoms with Gasteiger partial charge in [-0.3, -0.25) is 0 Å². The normalized spacial score (nSPS) is 14.9. The Kier molecular flexibility index (Phi) is 3.46. The molecule has 0 radical (unpaired) electrons. The van der Waals surface area contributed by atoms with Gasteiger partial charge in [0.25, 0.3) is 0 Å². The summed E-state index contributed by atoms with van der Waals surface area (Å²) in [7, 11) is 0. The maximum atomic E-state index is 9.16. The summed E-state index contributed by atoms with van der Waals surface area (Å²) in [6, 6.07) is 2.42. The van der Waals surface area contributed by atoms with Crippen LogP contribution in [0.2, 0.25) is 5.02 Å². The molecule has 0 unspecified atom stereocenters. The van der Waals surface area contributed by atoms with Gasteiger partial charge in [-0.2, -0.15) is 0 Å². The standard InChI is InChI=1S/C12H15ClN2O/c1-2-5-15(10-3-4-10)12-6-9(8-16)11(13)7-14-12/h2,6-7,10,16H,1,3-5,8H2. The van der Waals surface area contributed by atoms with E-state index in [1.807, 2.05) is 12.1 Å². The summed E-state index contributed by atoms with van der Waals surface area (Å²) in [4.78, 5) is 6.50. The number of anilines is 1. The molecule has 86 valence electrons. The van der Waals surface area contributed by atoms with Crippen molar-refractivity contribution >= 4 is 17.4 Å². The highest BCUT2D eigenvalue weighted by Crippen LogP contribution is 2.31. The zero-order chi connectivity index (χ0) is 11.5. The molecular formula is C12H15ClN2O. The van der Waals surface area contributed by atoms with Gasteiger partial charge in [0.05, 0.1) is 11.6 Å². The second kappa shape index (κ2) is 4.85. The van der Waals surface area contributed by atoms with Gasteiger partial charge in [-0.05, 0) is 18.9 Å². The minimum absolute atomic E-state index is 0.0546. The van der Waals surface area contributed by atoms with Crippen LogP contribution >= 0.6 is 11.6 Å². The summed E-state index contributed by atoms with van der Waals surface area (Å²) in [5.74, 6) is 0.871. The van der Waals surface area contributed by atoms with Crippen LogP contribution in [0.4, 0.5) is 5.82 Å². The molecule has 1 saturated carbocycles. The van der Waals surface area contributed by atoms with Crippen LogP contribution in [0, 0.1) is 0 Å². The van der Waals surface area contributed by atoms with Crippen LogP contribution in [0.15, 0.2) is 24.9 Å². The van der Waals surface area contributed by atoms with Gasteiger partial charge in [0, 0.05) is 24.3 Å². The molecule has 1 fully saturated rings. The van der Waals surface area contributed by atoms with E-state index in [4.69, 9.17) is 16.7 Å². The zero-order valence-corrected chi connectivity index (χ0v) is 9.82. The quantitative estimate of drug-likeness (QED) is 0.801. The number of halogens is 1. The smallest absolute Gasteiger partial charge is 0.129 e. The molecule has 1 aromatic heterocycles. The Morgan fingerprint density at radius 1 is 1.62 bits per heavy atom. The molecule has 0 aliphatic heterocycles. The molecule has 3 nitrogen and oxygen atoms in total. The van der Waals surface area contributed by atoms with E-state index in [1.54, 1.807) is 6.20 Å². The van der Waals surface area contributed by atoms with Crippen LogP contribution < -0.4 is 4.90 Å². The average molecular weight is 239 g/mol. The molecule has 0 aromatic carbocycles. The van der Waals surface area contributed by atoms with Crippen molar-refractivity contribution in [2.75, 3.05) is 11.4 Å². The van der Waals surface area contributed by atoms with Crippen LogP contribution in [-0.4, -0.2) is 22.7 Å². The Balaban J connectivity index is 2.26. The number of aliphatic hydroxyl groups excluding tert-OH is 1. The van der Waals surface area contributed by atoms with E-state index < -0.39 is 0 Å². The molecule has 2 rings (SSSR count). The van der Waals surface area contributed by atoms with Crippen LogP contribution in [0.1, 0.15) is 18.4 Å². The highest BCUT2D eigenvalue weighted by molar-refractivity contribution is 6.31. The van der Waals surface area contributed by atoms with Gasteiger partial charge in [-0.1, -0.05) is 17.7 Å². The second-order valence-electron chi connectivity index (χ2n) is 3.96. The number of aliphatic hydroxyl groups is 1. The molecule has 0 amide bonds. The maximum Gasteiger partial charge on any atom is 0.129 e. The van der Waals surface area contributed by atoms with Crippen molar-refractivity contribution in [2.24, 2.45) is 0 Å². The van der Waals surface area contributed by atoms with Crippen LogP contribution in [0.25, 0.3) is 0 Å². The predicted octanol–water partition coefficient (Wildman–Crippen LogP) is 2.38. The molecule has 0 atom stereocenters. The minimum Gasteiger partial charge on any atom is -0.392 e. The summed E-state index contributed by atoms with van der Waals surface area (Å²) < 4.78 is 0. The average Bonchev–Trinajstić information content (AvgIpc) is 3.11. The Morgan fingerprint density at radius 2 is 2.38 bits per heavy atom. The van der Waals surface area contributed by atoms with Crippen molar-refractivity contribution in [3.05, 3.63) is 35.5 Å². The van der Waals surface area contributed by atoms with E-state index in [2.05, 4.69) is 16.5 Å². The molecular weight excluding hydrogens is 224 g/mol. The van der Waals surface area contributed by atoms with E-state index >= 15 is 0 Å². The zero-order valence-electron chi connectivity index (χ0n) is 9.06. The molecule has 0 spiro atoms. The van der Waals surface area contributed by atoms with Gasteiger partial charge in [0.2, 0.25) is 0 Å². The van der Waals surface area contributed by atoms with Crippen LogP contribution in [0.5, 0.6) is 0 Å². The molecule has 0 bridgehead atoms. The summed E-state index contributed by atoms with van der Waals surface area (Å²) in [5, 5.41) is 9.67. The first-order chi connectivity index (χ1) is 7.76. The third-order valence-electron chi connectivity index (χ3n) is 2.70. The fourth-order valence-electron chi connectivity index (χ4n) is 1.70. The number of aromatic nitrogens is 1. The topological polar surface area (TPSA) is 36.4 Å². The lowest BCUT2D eigenvalue weighted by atomic mass is 10.2. The third kappa shape index (κ3) is 2.36. The van der Waals surface area contributed by atoms with E-state index in [1.165, 1.54) is 12.8 Å². The van der Waals surface area contributed by atoms with Gasteiger partial charge in [-0.15, -0.1) is 6.58 Å². The lowest BCUT2D eigenvalue weighted by Gasteiger charge is -2.22. The van der Waals surface area contributed by atoms with Gasteiger partial charge in [0.1, 0.15) is 5.82 Å². The molecule has 1 aliphatic rings. The number of rotatable bonds is 5. The highest BCUT2D eigenvalue weighted by Gasteiger charge is 2.29. The van der Waals surface area contributed by atoms with Crippen molar-refractivity contribution in [1.29, 1.82) is 0 Å². The van der Waals surface area contributed by atoms with E-state index in [0.717, 1.165) is 17.9 Å².